The van der Waals surface area contributed by atoms with E-state index in [0.717, 1.165) is 11.3 Å². The van der Waals surface area contributed by atoms with Crippen molar-refractivity contribution >= 4 is 0 Å². The quantitative estimate of drug-likeness (QED) is 0.326. The van der Waals surface area contributed by atoms with Crippen LogP contribution in [0.3, 0.4) is 0 Å². The molecule has 0 N–H and O–H groups in total. The first kappa shape index (κ1) is 23.1. The fourth-order valence-corrected chi connectivity index (χ4v) is 4.69. The molecule has 0 radical (unpaired) electrons. The second kappa shape index (κ2) is 11.1. The third-order valence-electron chi connectivity index (χ3n) is 6.08. The Morgan fingerprint density at radius 3 is 2.54 bits per heavy atom. The number of hydrogen-bond acceptors (Lipinski definition) is 2. The molecule has 3 rings (SSSR count). The Hall–Kier alpha value is -1.14. The van der Waals surface area contributed by atoms with E-state index in [0.29, 0.717) is 18.4 Å². The summed E-state index contributed by atoms with van der Waals surface area (Å²) in [6.45, 7) is 5.97. The van der Waals surface area contributed by atoms with Gasteiger partial charge in [0, 0.05) is 5.92 Å². The van der Waals surface area contributed by atoms with Gasteiger partial charge in [-0.15, -0.1) is 18.3 Å². The largest absolute Gasteiger partial charge is 1.00 e. The normalized spacial score (nSPS) is 18.8. The van der Waals surface area contributed by atoms with Crippen molar-refractivity contribution in [3.8, 4) is 17.6 Å². The van der Waals surface area contributed by atoms with Crippen molar-refractivity contribution in [2.24, 2.45) is 5.41 Å². The van der Waals surface area contributed by atoms with Crippen LogP contribution in [0.2, 0.25) is 0 Å². The number of hydrogen-bond donors (Lipinski definition) is 0. The van der Waals surface area contributed by atoms with E-state index in [1.165, 1.54) is 56.9 Å². The second-order valence-electron chi connectivity index (χ2n) is 8.19. The van der Waals surface area contributed by atoms with Crippen molar-refractivity contribution in [1.82, 2.24) is 0 Å². The van der Waals surface area contributed by atoms with E-state index in [1.807, 2.05) is 24.3 Å². The van der Waals surface area contributed by atoms with Crippen LogP contribution in [-0.2, 0) is 0 Å². The van der Waals surface area contributed by atoms with E-state index in [-0.39, 0.29) is 41.2 Å². The predicted octanol–water partition coefficient (Wildman–Crippen LogP) is 2.50. The zero-order valence-corrected chi connectivity index (χ0v) is 19.6. The summed E-state index contributed by atoms with van der Waals surface area (Å²) in [5.41, 5.74) is 3.07. The minimum atomic E-state index is -0.0822. The Morgan fingerprint density at radius 1 is 1.18 bits per heavy atom. The summed E-state index contributed by atoms with van der Waals surface area (Å²) in [4.78, 5) is 0. The van der Waals surface area contributed by atoms with Gasteiger partial charge in [-0.3, -0.25) is 0 Å². The molecule has 2 nitrogen and oxygen atoms in total. The van der Waals surface area contributed by atoms with Crippen LogP contribution in [0.15, 0.2) is 48.3 Å². The molecule has 144 valence electrons. The second-order valence-corrected chi connectivity index (χ2v) is 8.19. The van der Waals surface area contributed by atoms with Crippen LogP contribution in [0, 0.1) is 17.3 Å². The zero-order valence-electron chi connectivity index (χ0n) is 17.6. The molecule has 0 bridgehead atoms. The predicted molar refractivity (Wildman–Crippen MR) is 109 cm³/mol. The number of rotatable bonds is 6. The Kier molecular flexibility index (Phi) is 9.22. The van der Waals surface area contributed by atoms with Crippen LogP contribution in [-0.4, -0.2) is 6.61 Å². The van der Waals surface area contributed by atoms with Gasteiger partial charge >= 0.3 is 29.6 Å². The van der Waals surface area contributed by atoms with E-state index in [2.05, 4.69) is 24.5 Å². The molecule has 3 heteroatoms. The van der Waals surface area contributed by atoms with Gasteiger partial charge in [0.2, 0.25) is 0 Å². The standard InChI is InChI=1S/C25H32O2.Na/c1-3-8-23(17-20(2)26)22-10-12-24(13-11-22)27-19-21-9-7-16-25(18-21)14-5-4-6-15-25;/h9-13,23,26H,2,4-7,14-19H2,1H3;/q;+1/p-1. The molecule has 1 atom stereocenters. The Morgan fingerprint density at radius 2 is 1.89 bits per heavy atom. The fraction of sp³-hybridized carbons (Fsp3) is 0.520. The van der Waals surface area contributed by atoms with E-state index in [1.54, 1.807) is 6.92 Å². The molecule has 1 fully saturated rings. The van der Waals surface area contributed by atoms with E-state index in [4.69, 9.17) is 4.74 Å². The first-order chi connectivity index (χ1) is 13.1. The van der Waals surface area contributed by atoms with Crippen molar-refractivity contribution in [3.05, 3.63) is 53.8 Å². The van der Waals surface area contributed by atoms with Crippen LogP contribution in [0.25, 0.3) is 0 Å². The summed E-state index contributed by atoms with van der Waals surface area (Å²) in [6, 6.07) is 8.02. The van der Waals surface area contributed by atoms with Crippen LogP contribution < -0.4 is 39.4 Å². The van der Waals surface area contributed by atoms with Gasteiger partial charge in [0.05, 0.1) is 0 Å². The molecular formula is C25H31NaO2. The van der Waals surface area contributed by atoms with Gasteiger partial charge in [-0.05, 0) is 74.1 Å². The van der Waals surface area contributed by atoms with Crippen molar-refractivity contribution in [3.63, 3.8) is 0 Å². The molecule has 28 heavy (non-hydrogen) atoms. The third-order valence-corrected chi connectivity index (χ3v) is 6.08. The van der Waals surface area contributed by atoms with E-state index < -0.39 is 0 Å². The number of allylic oxidation sites excluding steroid dienone is 2. The molecule has 0 amide bonds. The molecule has 1 spiro atoms. The van der Waals surface area contributed by atoms with Gasteiger partial charge in [-0.2, -0.15) is 0 Å². The average molecular weight is 387 g/mol. The topological polar surface area (TPSA) is 32.3 Å². The molecule has 1 aromatic carbocycles. The van der Waals surface area contributed by atoms with Crippen molar-refractivity contribution in [1.29, 1.82) is 0 Å². The van der Waals surface area contributed by atoms with Crippen LogP contribution in [0.4, 0.5) is 0 Å². The average Bonchev–Trinajstić information content (AvgIpc) is 2.67. The summed E-state index contributed by atoms with van der Waals surface area (Å²) in [5, 5.41) is 11.4. The van der Waals surface area contributed by atoms with Gasteiger partial charge in [-0.1, -0.05) is 43.4 Å². The van der Waals surface area contributed by atoms with Crippen molar-refractivity contribution in [2.45, 2.75) is 70.6 Å². The minimum absolute atomic E-state index is 0. The smallest absolute Gasteiger partial charge is 0.876 e. The van der Waals surface area contributed by atoms with Crippen LogP contribution >= 0.6 is 0 Å². The number of ether oxygens (including phenoxy) is 1. The summed E-state index contributed by atoms with van der Waals surface area (Å²) < 4.78 is 6.07. The molecule has 0 saturated heterocycles. The maximum Gasteiger partial charge on any atom is 1.00 e. The molecule has 0 heterocycles. The fourth-order valence-electron chi connectivity index (χ4n) is 4.69. The van der Waals surface area contributed by atoms with Gasteiger partial charge < -0.3 is 9.84 Å². The minimum Gasteiger partial charge on any atom is -0.876 e. The van der Waals surface area contributed by atoms with E-state index >= 15 is 0 Å². The Labute approximate surface area is 192 Å². The molecule has 1 aromatic rings. The van der Waals surface area contributed by atoms with Gasteiger partial charge in [-0.25, -0.2) is 0 Å². The first-order valence-electron chi connectivity index (χ1n) is 10.3. The Bertz CT molecular complexity index is 730. The van der Waals surface area contributed by atoms with Gasteiger partial charge in [0.25, 0.3) is 0 Å². The maximum absolute atomic E-state index is 11.4. The third kappa shape index (κ3) is 6.45. The molecule has 0 aromatic heterocycles. The van der Waals surface area contributed by atoms with Gasteiger partial charge in [0.1, 0.15) is 12.4 Å². The monoisotopic (exact) mass is 386 g/mol. The summed E-state index contributed by atoms with van der Waals surface area (Å²) in [6.07, 6.45) is 13.5. The Balaban J connectivity index is 0.00000280. The molecule has 2 aliphatic carbocycles. The summed E-state index contributed by atoms with van der Waals surface area (Å²) in [7, 11) is 0. The SMILES string of the molecule is C=C([O-])CC(C#CC)c1ccc(OCC2=CCCC3(CCCCC3)C2)cc1.[Na+]. The zero-order chi connectivity index (χ0) is 19.1. The molecule has 2 aliphatic rings. The molecular weight excluding hydrogens is 355 g/mol. The van der Waals surface area contributed by atoms with Crippen molar-refractivity contribution in [2.75, 3.05) is 6.61 Å². The van der Waals surface area contributed by atoms with Crippen molar-refractivity contribution < 1.29 is 39.4 Å². The van der Waals surface area contributed by atoms with E-state index in [9.17, 15) is 5.11 Å². The summed E-state index contributed by atoms with van der Waals surface area (Å²) >= 11 is 0. The molecule has 1 unspecified atom stereocenters. The van der Waals surface area contributed by atoms with Crippen LogP contribution in [0.1, 0.15) is 76.2 Å². The van der Waals surface area contributed by atoms with Crippen LogP contribution in [0.5, 0.6) is 5.75 Å². The first-order valence-corrected chi connectivity index (χ1v) is 10.3. The summed E-state index contributed by atoms with van der Waals surface area (Å²) in [5.74, 6) is 6.74. The molecule has 1 saturated carbocycles. The maximum atomic E-state index is 11.4. The molecule has 0 aliphatic heterocycles. The van der Waals surface area contributed by atoms with Gasteiger partial charge in [0.15, 0.2) is 0 Å². The number of benzene rings is 1.